The first-order chi connectivity index (χ1) is 8.19. The number of anilines is 2. The number of likely N-dealkylation sites (N-methyl/N-ethyl adjacent to an activating group) is 1. The van der Waals surface area contributed by atoms with Gasteiger partial charge in [-0.25, -0.2) is 0 Å². The summed E-state index contributed by atoms with van der Waals surface area (Å²) in [5, 5.41) is 3.51. The summed E-state index contributed by atoms with van der Waals surface area (Å²) in [6, 6.07) is 6.20. The predicted octanol–water partition coefficient (Wildman–Crippen LogP) is 1.78. The van der Waals surface area contributed by atoms with E-state index in [1.807, 2.05) is 18.2 Å². The SMILES string of the molecule is COc1ccc(N)c(NC2CCCN(C)C2)c1. The molecule has 0 spiro atoms. The molecule has 17 heavy (non-hydrogen) atoms. The Morgan fingerprint density at radius 1 is 1.47 bits per heavy atom. The minimum absolute atomic E-state index is 0.475. The molecule has 1 fully saturated rings. The molecule has 1 atom stereocenters. The molecule has 1 aliphatic heterocycles. The summed E-state index contributed by atoms with van der Waals surface area (Å²) >= 11 is 0. The van der Waals surface area contributed by atoms with E-state index in [2.05, 4.69) is 17.3 Å². The number of nitrogens with two attached hydrogens (primary N) is 1. The van der Waals surface area contributed by atoms with Crippen molar-refractivity contribution in [3.05, 3.63) is 18.2 Å². The fraction of sp³-hybridized carbons (Fsp3) is 0.538. The van der Waals surface area contributed by atoms with Gasteiger partial charge < -0.3 is 20.7 Å². The van der Waals surface area contributed by atoms with Crippen molar-refractivity contribution < 1.29 is 4.74 Å². The molecule has 4 heteroatoms. The molecule has 1 unspecified atom stereocenters. The number of rotatable bonds is 3. The Hall–Kier alpha value is -1.42. The van der Waals surface area contributed by atoms with Crippen molar-refractivity contribution in [2.45, 2.75) is 18.9 Å². The lowest BCUT2D eigenvalue weighted by atomic mass is 10.1. The fourth-order valence-corrected chi connectivity index (χ4v) is 2.29. The van der Waals surface area contributed by atoms with Gasteiger partial charge in [0.05, 0.1) is 18.5 Å². The van der Waals surface area contributed by atoms with Crippen molar-refractivity contribution in [1.29, 1.82) is 0 Å². The van der Waals surface area contributed by atoms with Gasteiger partial charge in [0.2, 0.25) is 0 Å². The van der Waals surface area contributed by atoms with Crippen LogP contribution in [0.25, 0.3) is 0 Å². The van der Waals surface area contributed by atoms with Gasteiger partial charge in [0.25, 0.3) is 0 Å². The maximum atomic E-state index is 5.96. The molecule has 0 bridgehead atoms. The second-order valence-electron chi connectivity index (χ2n) is 4.70. The molecule has 2 rings (SSSR count). The molecule has 1 aromatic rings. The fourth-order valence-electron chi connectivity index (χ4n) is 2.29. The van der Waals surface area contributed by atoms with Crippen molar-refractivity contribution in [3.8, 4) is 5.75 Å². The van der Waals surface area contributed by atoms with Crippen LogP contribution in [0.15, 0.2) is 18.2 Å². The lowest BCUT2D eigenvalue weighted by Crippen LogP contribution is -2.39. The lowest BCUT2D eigenvalue weighted by Gasteiger charge is -2.31. The summed E-state index contributed by atoms with van der Waals surface area (Å²) in [6.45, 7) is 2.25. The summed E-state index contributed by atoms with van der Waals surface area (Å²) in [7, 11) is 3.83. The first kappa shape index (κ1) is 12.0. The number of nitrogen functional groups attached to an aromatic ring is 1. The van der Waals surface area contributed by atoms with Crippen LogP contribution in [0.3, 0.4) is 0 Å². The van der Waals surface area contributed by atoms with Gasteiger partial charge in [-0.15, -0.1) is 0 Å². The number of methoxy groups -OCH3 is 1. The number of nitrogens with one attached hydrogen (secondary N) is 1. The van der Waals surface area contributed by atoms with E-state index < -0.39 is 0 Å². The van der Waals surface area contributed by atoms with Crippen LogP contribution >= 0.6 is 0 Å². The van der Waals surface area contributed by atoms with Crippen molar-refractivity contribution in [2.24, 2.45) is 0 Å². The molecule has 94 valence electrons. The zero-order chi connectivity index (χ0) is 12.3. The molecular weight excluding hydrogens is 214 g/mol. The first-order valence-corrected chi connectivity index (χ1v) is 6.07. The molecule has 4 nitrogen and oxygen atoms in total. The molecule has 0 radical (unpaired) electrons. The van der Waals surface area contributed by atoms with Crippen LogP contribution in [0, 0.1) is 0 Å². The van der Waals surface area contributed by atoms with Gasteiger partial charge in [0.1, 0.15) is 5.75 Å². The highest BCUT2D eigenvalue weighted by atomic mass is 16.5. The zero-order valence-corrected chi connectivity index (χ0v) is 10.6. The van der Waals surface area contributed by atoms with Gasteiger partial charge in [-0.05, 0) is 38.6 Å². The number of ether oxygens (including phenoxy) is 1. The number of nitrogens with zero attached hydrogens (tertiary/aromatic N) is 1. The Labute approximate surface area is 103 Å². The third kappa shape index (κ3) is 3.03. The molecule has 0 amide bonds. The molecule has 1 saturated heterocycles. The Bertz CT molecular complexity index is 381. The second kappa shape index (κ2) is 5.27. The average Bonchev–Trinajstić information content (AvgIpc) is 2.32. The second-order valence-corrected chi connectivity index (χ2v) is 4.70. The van der Waals surface area contributed by atoms with E-state index in [-0.39, 0.29) is 0 Å². The van der Waals surface area contributed by atoms with Crippen LogP contribution in [0.4, 0.5) is 11.4 Å². The minimum Gasteiger partial charge on any atom is -0.497 e. The van der Waals surface area contributed by atoms with E-state index in [0.29, 0.717) is 6.04 Å². The Morgan fingerprint density at radius 3 is 3.00 bits per heavy atom. The van der Waals surface area contributed by atoms with E-state index in [1.165, 1.54) is 19.4 Å². The molecule has 1 aromatic carbocycles. The monoisotopic (exact) mass is 235 g/mol. The summed E-state index contributed by atoms with van der Waals surface area (Å²) in [5.41, 5.74) is 7.72. The number of likely N-dealkylation sites (tertiary alicyclic amines) is 1. The molecule has 0 aliphatic carbocycles. The normalized spacial score (nSPS) is 21.2. The Balaban J connectivity index is 2.06. The average molecular weight is 235 g/mol. The highest BCUT2D eigenvalue weighted by molar-refractivity contribution is 5.68. The van der Waals surface area contributed by atoms with E-state index in [1.54, 1.807) is 7.11 Å². The third-order valence-corrected chi connectivity index (χ3v) is 3.24. The van der Waals surface area contributed by atoms with Gasteiger partial charge in [-0.1, -0.05) is 0 Å². The van der Waals surface area contributed by atoms with Gasteiger partial charge in [-0.3, -0.25) is 0 Å². The standard InChI is InChI=1S/C13H21N3O/c1-16-7-3-4-10(9-16)15-13-8-11(17-2)5-6-12(13)14/h5-6,8,10,15H,3-4,7,9,14H2,1-2H3. The van der Waals surface area contributed by atoms with E-state index in [9.17, 15) is 0 Å². The lowest BCUT2D eigenvalue weighted by molar-refractivity contribution is 0.261. The molecule has 0 aromatic heterocycles. The number of piperidine rings is 1. The Kier molecular flexibility index (Phi) is 3.74. The maximum absolute atomic E-state index is 5.96. The van der Waals surface area contributed by atoms with Crippen molar-refractivity contribution >= 4 is 11.4 Å². The van der Waals surface area contributed by atoms with Gasteiger partial charge in [-0.2, -0.15) is 0 Å². The van der Waals surface area contributed by atoms with Crippen molar-refractivity contribution in [3.63, 3.8) is 0 Å². The van der Waals surface area contributed by atoms with E-state index >= 15 is 0 Å². The first-order valence-electron chi connectivity index (χ1n) is 6.07. The van der Waals surface area contributed by atoms with Crippen LogP contribution in [-0.2, 0) is 0 Å². The molecule has 0 saturated carbocycles. The minimum atomic E-state index is 0.475. The number of benzene rings is 1. The van der Waals surface area contributed by atoms with Crippen LogP contribution in [0.2, 0.25) is 0 Å². The highest BCUT2D eigenvalue weighted by Crippen LogP contribution is 2.26. The topological polar surface area (TPSA) is 50.5 Å². The van der Waals surface area contributed by atoms with Crippen LogP contribution in [0.1, 0.15) is 12.8 Å². The van der Waals surface area contributed by atoms with Crippen molar-refractivity contribution in [2.75, 3.05) is 38.3 Å². The highest BCUT2D eigenvalue weighted by Gasteiger charge is 2.17. The summed E-state index contributed by atoms with van der Waals surface area (Å²) in [5.74, 6) is 0.839. The van der Waals surface area contributed by atoms with Crippen LogP contribution in [0.5, 0.6) is 5.75 Å². The third-order valence-electron chi connectivity index (χ3n) is 3.24. The van der Waals surface area contributed by atoms with E-state index in [0.717, 1.165) is 23.7 Å². The Morgan fingerprint density at radius 2 is 2.29 bits per heavy atom. The number of hydrogen-bond donors (Lipinski definition) is 2. The zero-order valence-electron chi connectivity index (χ0n) is 10.6. The van der Waals surface area contributed by atoms with Gasteiger partial charge in [0.15, 0.2) is 0 Å². The van der Waals surface area contributed by atoms with Crippen molar-refractivity contribution in [1.82, 2.24) is 4.90 Å². The quantitative estimate of drug-likeness (QED) is 0.784. The predicted molar refractivity (Wildman–Crippen MR) is 71.5 cm³/mol. The van der Waals surface area contributed by atoms with Crippen LogP contribution in [-0.4, -0.2) is 38.2 Å². The molecule has 3 N–H and O–H groups in total. The largest absolute Gasteiger partial charge is 0.497 e. The maximum Gasteiger partial charge on any atom is 0.121 e. The van der Waals surface area contributed by atoms with Gasteiger partial charge in [0, 0.05) is 18.7 Å². The molecule has 1 aliphatic rings. The van der Waals surface area contributed by atoms with Gasteiger partial charge >= 0.3 is 0 Å². The molecule has 1 heterocycles. The van der Waals surface area contributed by atoms with E-state index in [4.69, 9.17) is 10.5 Å². The smallest absolute Gasteiger partial charge is 0.121 e. The summed E-state index contributed by atoms with van der Waals surface area (Å²) in [6.07, 6.45) is 2.43. The molecular formula is C13H21N3O. The summed E-state index contributed by atoms with van der Waals surface area (Å²) in [4.78, 5) is 2.34. The summed E-state index contributed by atoms with van der Waals surface area (Å²) < 4.78 is 5.21. The van der Waals surface area contributed by atoms with Crippen LogP contribution < -0.4 is 15.8 Å². The number of hydrogen-bond acceptors (Lipinski definition) is 4.